The molecular weight excluding hydrogens is 242 g/mol. The van der Waals surface area contributed by atoms with Crippen molar-refractivity contribution in [2.45, 2.75) is 0 Å². The predicted octanol–water partition coefficient (Wildman–Crippen LogP) is 2.35. The molecule has 1 aromatic carbocycles. The maximum Gasteiger partial charge on any atom is 0.328 e. The van der Waals surface area contributed by atoms with Crippen molar-refractivity contribution in [2.75, 3.05) is 0 Å². The summed E-state index contributed by atoms with van der Waals surface area (Å²) in [5.74, 6) is -1.09. The fourth-order valence-corrected chi connectivity index (χ4v) is 1.78. The van der Waals surface area contributed by atoms with E-state index in [9.17, 15) is 9.59 Å². The molecule has 0 spiro atoms. The van der Waals surface area contributed by atoms with Crippen molar-refractivity contribution in [2.24, 2.45) is 7.05 Å². The van der Waals surface area contributed by atoms with E-state index in [2.05, 4.69) is 0 Å². The first-order chi connectivity index (χ1) is 9.08. The zero-order valence-corrected chi connectivity index (χ0v) is 10.4. The maximum atomic E-state index is 12.2. The Morgan fingerprint density at radius 2 is 1.84 bits per heavy atom. The number of aromatic nitrogens is 1. The first-order valence-corrected chi connectivity index (χ1v) is 5.75. The molecule has 0 aliphatic rings. The highest BCUT2D eigenvalue weighted by molar-refractivity contribution is 6.09. The second-order valence-corrected chi connectivity index (χ2v) is 4.13. The van der Waals surface area contributed by atoms with Gasteiger partial charge in [0.2, 0.25) is 0 Å². The molecular formula is C15H13NO3. The molecule has 1 N–H and O–H groups in total. The normalized spacial score (nSPS) is 10.8. The molecule has 19 heavy (non-hydrogen) atoms. The summed E-state index contributed by atoms with van der Waals surface area (Å²) in [5.41, 5.74) is 1.82. The van der Waals surface area contributed by atoms with Gasteiger partial charge in [-0.1, -0.05) is 30.3 Å². The summed E-state index contributed by atoms with van der Waals surface area (Å²) in [6, 6.07) is 10.6. The van der Waals surface area contributed by atoms with E-state index in [1.165, 1.54) is 6.08 Å². The monoisotopic (exact) mass is 255 g/mol. The molecule has 0 atom stereocenters. The number of hydrogen-bond acceptors (Lipinski definition) is 2. The number of carboxylic acids is 1. The molecule has 0 amide bonds. The SMILES string of the molecule is Cn1cc(C(=O)c2ccccc2)cc1C=CC(=O)O. The lowest BCUT2D eigenvalue weighted by Gasteiger charge is -1.96. The highest BCUT2D eigenvalue weighted by atomic mass is 16.4. The van der Waals surface area contributed by atoms with Crippen molar-refractivity contribution in [3.05, 3.63) is 65.5 Å². The van der Waals surface area contributed by atoms with E-state index in [0.717, 1.165) is 6.08 Å². The number of ketones is 1. The second kappa shape index (κ2) is 5.35. The predicted molar refractivity (Wildman–Crippen MR) is 72.0 cm³/mol. The zero-order valence-electron chi connectivity index (χ0n) is 10.4. The van der Waals surface area contributed by atoms with Crippen molar-refractivity contribution in [1.29, 1.82) is 0 Å². The smallest absolute Gasteiger partial charge is 0.328 e. The van der Waals surface area contributed by atoms with E-state index < -0.39 is 5.97 Å². The summed E-state index contributed by atoms with van der Waals surface area (Å²) in [5, 5.41) is 8.60. The van der Waals surface area contributed by atoms with Gasteiger partial charge in [-0.05, 0) is 12.1 Å². The van der Waals surface area contributed by atoms with Gasteiger partial charge in [-0.3, -0.25) is 4.79 Å². The van der Waals surface area contributed by atoms with Gasteiger partial charge in [0.25, 0.3) is 0 Å². The molecule has 0 fully saturated rings. The topological polar surface area (TPSA) is 59.3 Å². The van der Waals surface area contributed by atoms with Crippen molar-refractivity contribution in [1.82, 2.24) is 4.57 Å². The molecule has 1 aromatic heterocycles. The summed E-state index contributed by atoms with van der Waals surface area (Å²) < 4.78 is 1.72. The summed E-state index contributed by atoms with van der Waals surface area (Å²) >= 11 is 0. The second-order valence-electron chi connectivity index (χ2n) is 4.13. The Balaban J connectivity index is 2.30. The van der Waals surface area contributed by atoms with Crippen LogP contribution in [0.15, 0.2) is 48.7 Å². The number of aryl methyl sites for hydroxylation is 1. The molecule has 4 heteroatoms. The third kappa shape index (κ3) is 2.98. The number of rotatable bonds is 4. The minimum absolute atomic E-state index is 0.0776. The molecule has 0 aliphatic heterocycles. The lowest BCUT2D eigenvalue weighted by molar-refractivity contribution is -0.131. The average molecular weight is 255 g/mol. The summed E-state index contributed by atoms with van der Waals surface area (Å²) in [7, 11) is 1.77. The van der Waals surface area contributed by atoms with Crippen LogP contribution in [0, 0.1) is 0 Å². The lowest BCUT2D eigenvalue weighted by atomic mass is 10.1. The van der Waals surface area contributed by atoms with Crippen molar-refractivity contribution in [3.8, 4) is 0 Å². The van der Waals surface area contributed by atoms with Crippen molar-refractivity contribution in [3.63, 3.8) is 0 Å². The molecule has 4 nitrogen and oxygen atoms in total. The van der Waals surface area contributed by atoms with Crippen LogP contribution in [0.25, 0.3) is 6.08 Å². The highest BCUT2D eigenvalue weighted by Gasteiger charge is 2.11. The van der Waals surface area contributed by atoms with Gasteiger partial charge in [0.1, 0.15) is 0 Å². The van der Waals surface area contributed by atoms with E-state index in [0.29, 0.717) is 16.8 Å². The van der Waals surface area contributed by atoms with Crippen LogP contribution >= 0.6 is 0 Å². The lowest BCUT2D eigenvalue weighted by Crippen LogP contribution is -1.99. The van der Waals surface area contributed by atoms with Gasteiger partial charge in [0.15, 0.2) is 5.78 Å². The minimum atomic E-state index is -1.02. The molecule has 1 heterocycles. The highest BCUT2D eigenvalue weighted by Crippen LogP contribution is 2.14. The number of carbonyl (C=O) groups excluding carboxylic acids is 1. The van der Waals surface area contributed by atoms with Crippen LogP contribution in [-0.4, -0.2) is 21.4 Å². The molecule has 2 aromatic rings. The molecule has 0 bridgehead atoms. The fourth-order valence-electron chi connectivity index (χ4n) is 1.78. The largest absolute Gasteiger partial charge is 0.478 e. The Labute approximate surface area is 110 Å². The van der Waals surface area contributed by atoms with Crippen LogP contribution in [-0.2, 0) is 11.8 Å². The number of nitrogens with zero attached hydrogens (tertiary/aromatic N) is 1. The van der Waals surface area contributed by atoms with E-state index >= 15 is 0 Å². The third-order valence-electron chi connectivity index (χ3n) is 2.74. The van der Waals surface area contributed by atoms with Crippen molar-refractivity contribution < 1.29 is 14.7 Å². The maximum absolute atomic E-state index is 12.2. The first-order valence-electron chi connectivity index (χ1n) is 5.75. The Hall–Kier alpha value is -2.62. The number of benzene rings is 1. The number of carbonyl (C=O) groups is 2. The Morgan fingerprint density at radius 3 is 2.47 bits per heavy atom. The van der Waals surface area contributed by atoms with Crippen LogP contribution in [0.3, 0.4) is 0 Å². The molecule has 0 aliphatic carbocycles. The minimum Gasteiger partial charge on any atom is -0.478 e. The van der Waals surface area contributed by atoms with Gasteiger partial charge in [0.05, 0.1) is 0 Å². The van der Waals surface area contributed by atoms with Gasteiger partial charge < -0.3 is 9.67 Å². The summed E-state index contributed by atoms with van der Waals surface area (Å²) in [6.45, 7) is 0. The van der Waals surface area contributed by atoms with Crippen LogP contribution in [0.5, 0.6) is 0 Å². The Kier molecular flexibility index (Phi) is 3.61. The van der Waals surface area contributed by atoms with Gasteiger partial charge in [-0.2, -0.15) is 0 Å². The fraction of sp³-hybridized carbons (Fsp3) is 0.0667. The first kappa shape index (κ1) is 12.8. The van der Waals surface area contributed by atoms with Crippen molar-refractivity contribution >= 4 is 17.8 Å². The van der Waals surface area contributed by atoms with E-state index in [4.69, 9.17) is 5.11 Å². The summed E-state index contributed by atoms with van der Waals surface area (Å²) in [6.07, 6.45) is 4.20. The molecule has 0 saturated carbocycles. The van der Waals surface area contributed by atoms with Gasteiger partial charge in [-0.15, -0.1) is 0 Å². The molecule has 0 radical (unpaired) electrons. The number of carboxylic acid groups (broad SMARTS) is 1. The van der Waals surface area contributed by atoms with Crippen LogP contribution in [0.2, 0.25) is 0 Å². The Bertz CT molecular complexity index is 639. The zero-order chi connectivity index (χ0) is 13.8. The number of aliphatic carboxylic acids is 1. The van der Waals surface area contributed by atoms with E-state index in [1.54, 1.807) is 48.1 Å². The van der Waals surface area contributed by atoms with E-state index in [1.807, 2.05) is 6.07 Å². The molecule has 2 rings (SSSR count). The summed E-state index contributed by atoms with van der Waals surface area (Å²) in [4.78, 5) is 22.7. The van der Waals surface area contributed by atoms with Gasteiger partial charge >= 0.3 is 5.97 Å². The van der Waals surface area contributed by atoms with Gasteiger partial charge in [-0.25, -0.2) is 4.79 Å². The molecule has 0 saturated heterocycles. The average Bonchev–Trinajstić information content (AvgIpc) is 2.78. The Morgan fingerprint density at radius 1 is 1.16 bits per heavy atom. The molecule has 0 unspecified atom stereocenters. The van der Waals surface area contributed by atoms with E-state index in [-0.39, 0.29) is 5.78 Å². The third-order valence-corrected chi connectivity index (χ3v) is 2.74. The van der Waals surface area contributed by atoms with Crippen LogP contribution in [0.1, 0.15) is 21.6 Å². The van der Waals surface area contributed by atoms with Crippen LogP contribution < -0.4 is 0 Å². The quantitative estimate of drug-likeness (QED) is 0.674. The van der Waals surface area contributed by atoms with Crippen LogP contribution in [0.4, 0.5) is 0 Å². The van der Waals surface area contributed by atoms with Gasteiger partial charge in [0, 0.05) is 36.1 Å². The number of hydrogen-bond donors (Lipinski definition) is 1. The standard InChI is InChI=1S/C15H13NO3/c1-16-10-12(9-13(16)7-8-14(17)18)15(19)11-5-3-2-4-6-11/h2-10H,1H3,(H,17,18). The molecule has 96 valence electrons.